The lowest BCUT2D eigenvalue weighted by atomic mass is 10.1. The summed E-state index contributed by atoms with van der Waals surface area (Å²) in [5, 5.41) is 1.34. The zero-order valence-electron chi connectivity index (χ0n) is 21.1. The fraction of sp³-hybridized carbons (Fsp3) is 0.538. The highest BCUT2D eigenvalue weighted by Gasteiger charge is 2.36. The Kier molecular flexibility index (Phi) is 12.4. The van der Waals surface area contributed by atoms with Gasteiger partial charge in [-0.1, -0.05) is 37.4 Å². The first-order valence-corrected chi connectivity index (χ1v) is 18.1. The third-order valence-electron chi connectivity index (χ3n) is 5.61. The number of esters is 2. The Morgan fingerprint density at radius 1 is 0.889 bits per heavy atom. The molecule has 0 aliphatic carbocycles. The lowest BCUT2D eigenvalue weighted by Crippen LogP contribution is -2.17. The third kappa shape index (κ3) is 8.37. The average Bonchev–Trinajstić information content (AvgIpc) is 3.52. The fourth-order valence-corrected chi connectivity index (χ4v) is 13.7. The molecule has 0 saturated carbocycles. The van der Waals surface area contributed by atoms with Crippen LogP contribution in [-0.2, 0) is 19.1 Å². The van der Waals surface area contributed by atoms with Crippen molar-refractivity contribution in [2.24, 2.45) is 0 Å². The molecule has 1 aromatic rings. The molecule has 0 N–H and O–H groups in total. The number of ether oxygens (including phenoxy) is 2. The molecule has 198 valence electrons. The Labute approximate surface area is 241 Å². The van der Waals surface area contributed by atoms with Crippen molar-refractivity contribution in [3.8, 4) is 0 Å². The Hall–Kier alpha value is -0.260. The number of hydrogen-bond donors (Lipinski definition) is 0. The van der Waals surface area contributed by atoms with E-state index in [0.717, 1.165) is 11.5 Å². The summed E-state index contributed by atoms with van der Waals surface area (Å²) < 4.78 is 11.6. The SMILES string of the molecule is C=C(C)C(=O)OCC1CSC(C(SC)c2cccc(C(SC)C3SCC(COC(=O)C(=C)C)S3)c2)S1. The highest BCUT2D eigenvalue weighted by atomic mass is 32.2. The fourth-order valence-electron chi connectivity index (χ4n) is 3.74. The summed E-state index contributed by atoms with van der Waals surface area (Å²) in [5.41, 5.74) is 3.59. The van der Waals surface area contributed by atoms with Crippen LogP contribution in [0.1, 0.15) is 35.5 Å². The van der Waals surface area contributed by atoms with Gasteiger partial charge in [-0.2, -0.15) is 23.5 Å². The van der Waals surface area contributed by atoms with Gasteiger partial charge in [0.15, 0.2) is 0 Å². The molecule has 2 aliphatic rings. The van der Waals surface area contributed by atoms with Crippen molar-refractivity contribution in [1.29, 1.82) is 0 Å². The molecule has 2 heterocycles. The molecule has 6 atom stereocenters. The van der Waals surface area contributed by atoms with Gasteiger partial charge in [-0.25, -0.2) is 9.59 Å². The average molecular weight is 603 g/mol. The van der Waals surface area contributed by atoms with Crippen LogP contribution in [0.2, 0.25) is 0 Å². The van der Waals surface area contributed by atoms with Crippen LogP contribution in [0.4, 0.5) is 0 Å². The second-order valence-corrected chi connectivity index (χ2v) is 16.5. The Balaban J connectivity index is 1.61. The zero-order chi connectivity index (χ0) is 26.2. The van der Waals surface area contributed by atoms with Gasteiger partial charge in [0.1, 0.15) is 13.2 Å². The van der Waals surface area contributed by atoms with Gasteiger partial charge in [-0.05, 0) is 37.5 Å². The topological polar surface area (TPSA) is 52.6 Å². The van der Waals surface area contributed by atoms with Crippen LogP contribution in [-0.4, -0.2) is 68.8 Å². The molecule has 0 radical (unpaired) electrons. The van der Waals surface area contributed by atoms with Crippen molar-refractivity contribution in [3.63, 3.8) is 0 Å². The van der Waals surface area contributed by atoms with E-state index in [1.807, 2.05) is 70.6 Å². The number of hydrogen-bond acceptors (Lipinski definition) is 10. The molecule has 2 aliphatic heterocycles. The van der Waals surface area contributed by atoms with Gasteiger partial charge >= 0.3 is 11.9 Å². The van der Waals surface area contributed by atoms with E-state index in [1.165, 1.54) is 11.1 Å². The third-order valence-corrected chi connectivity index (χ3v) is 15.2. The molecule has 2 fully saturated rings. The van der Waals surface area contributed by atoms with Crippen LogP contribution in [0, 0.1) is 0 Å². The van der Waals surface area contributed by atoms with Crippen LogP contribution in [0.3, 0.4) is 0 Å². The van der Waals surface area contributed by atoms with Gasteiger partial charge in [-0.15, -0.1) is 47.0 Å². The maximum Gasteiger partial charge on any atom is 0.333 e. The van der Waals surface area contributed by atoms with Gasteiger partial charge in [0, 0.05) is 33.2 Å². The summed E-state index contributed by atoms with van der Waals surface area (Å²) in [4.78, 5) is 23.5. The number of benzene rings is 1. The second-order valence-electron chi connectivity index (χ2n) is 8.66. The van der Waals surface area contributed by atoms with Gasteiger partial charge in [0.25, 0.3) is 0 Å². The standard InChI is InChI=1S/C26H34O4S6/c1-15(2)23(27)29-11-19-13-33-25(35-19)21(31-5)17-8-7-9-18(10-17)22(32-6)26-34-14-20(36-26)12-30-24(28)16(3)4/h7-10,19-22,25-26H,1,3,11-14H2,2,4-6H3. The van der Waals surface area contributed by atoms with E-state index in [1.54, 1.807) is 13.8 Å². The normalized spacial score (nSPS) is 25.2. The summed E-state index contributed by atoms with van der Waals surface area (Å²) in [7, 11) is 0. The van der Waals surface area contributed by atoms with Crippen LogP contribution in [0.25, 0.3) is 0 Å². The molecule has 0 spiro atoms. The highest BCUT2D eigenvalue weighted by molar-refractivity contribution is 8.22. The molecule has 36 heavy (non-hydrogen) atoms. The van der Waals surface area contributed by atoms with Crippen molar-refractivity contribution in [3.05, 3.63) is 59.7 Å². The molecular formula is C26H34O4S6. The minimum Gasteiger partial charge on any atom is -0.461 e. The van der Waals surface area contributed by atoms with Gasteiger partial charge in [-0.3, -0.25) is 0 Å². The Morgan fingerprint density at radius 3 is 1.67 bits per heavy atom. The zero-order valence-corrected chi connectivity index (χ0v) is 26.0. The summed E-state index contributed by atoms with van der Waals surface area (Å²) in [6.07, 6.45) is 4.36. The predicted octanol–water partition coefficient (Wildman–Crippen LogP) is 7.08. The number of carbonyl (C=O) groups excluding carboxylic acids is 2. The van der Waals surface area contributed by atoms with E-state index in [2.05, 4.69) is 49.9 Å². The quantitative estimate of drug-likeness (QED) is 0.183. The van der Waals surface area contributed by atoms with E-state index in [-0.39, 0.29) is 11.9 Å². The van der Waals surface area contributed by atoms with Crippen molar-refractivity contribution in [2.75, 3.05) is 37.2 Å². The summed E-state index contributed by atoms with van der Waals surface area (Å²) in [5.74, 6) is 1.35. The molecule has 3 rings (SSSR count). The van der Waals surface area contributed by atoms with Crippen molar-refractivity contribution in [1.82, 2.24) is 0 Å². The minimum absolute atomic E-state index is 0.305. The summed E-state index contributed by atoms with van der Waals surface area (Å²) in [6, 6.07) is 9.05. The van der Waals surface area contributed by atoms with Gasteiger partial charge in [0.05, 0.1) is 19.7 Å². The molecule has 6 unspecified atom stereocenters. The lowest BCUT2D eigenvalue weighted by molar-refractivity contribution is -0.139. The predicted molar refractivity (Wildman–Crippen MR) is 166 cm³/mol. The maximum atomic E-state index is 11.8. The summed E-state index contributed by atoms with van der Waals surface area (Å²) >= 11 is 11.5. The van der Waals surface area contributed by atoms with E-state index < -0.39 is 0 Å². The molecule has 1 aromatic carbocycles. The molecule has 2 saturated heterocycles. The van der Waals surface area contributed by atoms with Crippen molar-refractivity contribution >= 4 is 82.5 Å². The van der Waals surface area contributed by atoms with Crippen LogP contribution in [0.15, 0.2) is 48.6 Å². The van der Waals surface area contributed by atoms with E-state index in [4.69, 9.17) is 9.47 Å². The lowest BCUT2D eigenvalue weighted by Gasteiger charge is -2.25. The van der Waals surface area contributed by atoms with E-state index in [9.17, 15) is 9.59 Å². The minimum atomic E-state index is -0.305. The first kappa shape index (κ1) is 30.3. The van der Waals surface area contributed by atoms with E-state index >= 15 is 0 Å². The Morgan fingerprint density at radius 2 is 1.31 bits per heavy atom. The molecule has 0 aromatic heterocycles. The monoisotopic (exact) mass is 602 g/mol. The maximum absolute atomic E-state index is 11.8. The van der Waals surface area contributed by atoms with Crippen LogP contribution in [0.5, 0.6) is 0 Å². The first-order chi connectivity index (χ1) is 17.2. The molecule has 0 bridgehead atoms. The molecule has 10 heteroatoms. The Bertz CT molecular complexity index is 883. The molecule has 4 nitrogen and oxygen atoms in total. The number of rotatable bonds is 12. The van der Waals surface area contributed by atoms with Crippen LogP contribution < -0.4 is 0 Å². The van der Waals surface area contributed by atoms with Crippen LogP contribution >= 0.6 is 70.6 Å². The van der Waals surface area contributed by atoms with E-state index in [0.29, 0.717) is 54.5 Å². The number of carbonyl (C=O) groups is 2. The number of thioether (sulfide) groups is 6. The molecular weight excluding hydrogens is 569 g/mol. The summed E-state index contributed by atoms with van der Waals surface area (Å²) in [6.45, 7) is 11.6. The smallest absolute Gasteiger partial charge is 0.333 e. The first-order valence-electron chi connectivity index (χ1n) is 11.6. The largest absolute Gasteiger partial charge is 0.461 e. The van der Waals surface area contributed by atoms with Gasteiger partial charge in [0.2, 0.25) is 0 Å². The highest BCUT2D eigenvalue weighted by Crippen LogP contribution is 2.52. The van der Waals surface area contributed by atoms with Crippen molar-refractivity contribution < 1.29 is 19.1 Å². The molecule has 0 amide bonds. The van der Waals surface area contributed by atoms with Gasteiger partial charge < -0.3 is 9.47 Å². The second kappa shape index (κ2) is 14.8. The van der Waals surface area contributed by atoms with Crippen molar-refractivity contribution in [2.45, 2.75) is 44.0 Å².